The van der Waals surface area contributed by atoms with Gasteiger partial charge in [0.2, 0.25) is 11.8 Å². The van der Waals surface area contributed by atoms with Crippen LogP contribution in [0.1, 0.15) is 10.4 Å². The maximum Gasteiger partial charge on any atom is 0.250 e. The quantitative estimate of drug-likeness (QED) is 0.748. The van der Waals surface area contributed by atoms with Gasteiger partial charge in [-0.2, -0.15) is 4.98 Å². The lowest BCUT2D eigenvalue weighted by Crippen LogP contribution is -2.11. The number of hydrogen-bond acceptors (Lipinski definition) is 3. The van der Waals surface area contributed by atoms with Crippen LogP contribution in [0.25, 0.3) is 5.65 Å². The summed E-state index contributed by atoms with van der Waals surface area (Å²) in [7, 11) is 1.54. The predicted octanol–water partition coefficient (Wildman–Crippen LogP) is 0.442. The van der Waals surface area contributed by atoms with Crippen LogP contribution < -0.4 is 10.5 Å². The number of carbonyl (C=O) groups excluding carboxylic acids is 1. The summed E-state index contributed by atoms with van der Waals surface area (Å²) < 4.78 is 6.64. The van der Waals surface area contributed by atoms with Crippen molar-refractivity contribution >= 4 is 11.6 Å². The lowest BCUT2D eigenvalue weighted by molar-refractivity contribution is 0.1000. The average Bonchev–Trinajstić information content (AvgIpc) is 2.58. The van der Waals surface area contributed by atoms with E-state index in [-0.39, 0.29) is 0 Å². The second-order valence-electron chi connectivity index (χ2n) is 2.83. The van der Waals surface area contributed by atoms with Gasteiger partial charge in [-0.15, -0.1) is 0 Å². The van der Waals surface area contributed by atoms with E-state index in [2.05, 4.69) is 4.98 Å². The van der Waals surface area contributed by atoms with Gasteiger partial charge in [0.15, 0.2) is 0 Å². The third-order valence-corrected chi connectivity index (χ3v) is 1.92. The molecule has 0 radical (unpaired) electrons. The number of primary amides is 1. The van der Waals surface area contributed by atoms with Gasteiger partial charge in [0, 0.05) is 6.20 Å². The van der Waals surface area contributed by atoms with Crippen LogP contribution in [0.15, 0.2) is 24.5 Å². The summed E-state index contributed by atoms with van der Waals surface area (Å²) in [6, 6.07) is 3.34. The van der Waals surface area contributed by atoms with E-state index < -0.39 is 5.91 Å². The van der Waals surface area contributed by atoms with E-state index in [4.69, 9.17) is 10.5 Å². The highest BCUT2D eigenvalue weighted by Crippen LogP contribution is 2.12. The minimum atomic E-state index is -0.459. The number of aromatic nitrogens is 2. The molecule has 2 aromatic rings. The van der Waals surface area contributed by atoms with E-state index in [1.807, 2.05) is 0 Å². The van der Waals surface area contributed by atoms with Crippen molar-refractivity contribution in [2.75, 3.05) is 7.11 Å². The molecular weight excluding hydrogens is 182 g/mol. The lowest BCUT2D eigenvalue weighted by atomic mass is 10.3. The number of methoxy groups -OCH3 is 1. The first-order valence-electron chi connectivity index (χ1n) is 4.03. The van der Waals surface area contributed by atoms with E-state index in [1.54, 1.807) is 28.9 Å². The molecular formula is C9H9N3O2. The third-order valence-electron chi connectivity index (χ3n) is 1.92. The number of rotatable bonds is 2. The zero-order valence-corrected chi connectivity index (χ0v) is 7.60. The van der Waals surface area contributed by atoms with E-state index in [1.165, 1.54) is 7.11 Å². The van der Waals surface area contributed by atoms with Crippen molar-refractivity contribution in [3.63, 3.8) is 0 Å². The zero-order chi connectivity index (χ0) is 10.1. The summed E-state index contributed by atoms with van der Waals surface area (Å²) in [6.45, 7) is 0. The summed E-state index contributed by atoms with van der Waals surface area (Å²) in [6.07, 6.45) is 3.30. The molecule has 0 spiro atoms. The van der Waals surface area contributed by atoms with Crippen molar-refractivity contribution in [2.45, 2.75) is 0 Å². The van der Waals surface area contributed by atoms with Crippen molar-refractivity contribution in [2.24, 2.45) is 5.73 Å². The van der Waals surface area contributed by atoms with Crippen LogP contribution in [-0.4, -0.2) is 22.4 Å². The van der Waals surface area contributed by atoms with Gasteiger partial charge in [0.25, 0.3) is 0 Å². The number of pyridine rings is 1. The highest BCUT2D eigenvalue weighted by Gasteiger charge is 2.04. The second kappa shape index (κ2) is 3.02. The normalized spacial score (nSPS) is 10.4. The Kier molecular flexibility index (Phi) is 1.85. The molecule has 0 aliphatic rings. The topological polar surface area (TPSA) is 69.6 Å². The number of carbonyl (C=O) groups is 1. The zero-order valence-electron chi connectivity index (χ0n) is 7.60. The minimum Gasteiger partial charge on any atom is -0.480 e. The van der Waals surface area contributed by atoms with Crippen molar-refractivity contribution in [1.82, 2.24) is 9.38 Å². The number of imidazole rings is 1. The molecule has 0 saturated heterocycles. The Balaban J connectivity index is 2.59. The first kappa shape index (κ1) is 8.55. The van der Waals surface area contributed by atoms with Gasteiger partial charge in [0.1, 0.15) is 5.65 Å². The van der Waals surface area contributed by atoms with Gasteiger partial charge in [-0.05, 0) is 12.1 Å². The fraction of sp³-hybridized carbons (Fsp3) is 0.111. The highest BCUT2D eigenvalue weighted by molar-refractivity contribution is 5.92. The third kappa shape index (κ3) is 1.28. The van der Waals surface area contributed by atoms with E-state index in [0.29, 0.717) is 17.1 Å². The molecule has 14 heavy (non-hydrogen) atoms. The van der Waals surface area contributed by atoms with Crippen LogP contribution in [0.2, 0.25) is 0 Å². The largest absolute Gasteiger partial charge is 0.480 e. The monoisotopic (exact) mass is 191 g/mol. The van der Waals surface area contributed by atoms with Crippen molar-refractivity contribution < 1.29 is 9.53 Å². The molecule has 0 fully saturated rings. The summed E-state index contributed by atoms with van der Waals surface area (Å²) in [5.41, 5.74) is 6.30. The van der Waals surface area contributed by atoms with Crippen LogP contribution in [-0.2, 0) is 0 Å². The molecule has 2 heterocycles. The molecule has 0 aromatic carbocycles. The van der Waals surface area contributed by atoms with E-state index in [9.17, 15) is 4.79 Å². The fourth-order valence-electron chi connectivity index (χ4n) is 1.21. The van der Waals surface area contributed by atoms with Gasteiger partial charge in [-0.1, -0.05) is 0 Å². The number of ether oxygens (including phenoxy) is 1. The highest BCUT2D eigenvalue weighted by atomic mass is 16.5. The molecule has 2 aromatic heterocycles. The Labute approximate surface area is 80.1 Å². The Hall–Kier alpha value is -2.04. The van der Waals surface area contributed by atoms with Gasteiger partial charge >= 0.3 is 0 Å². The number of amides is 1. The van der Waals surface area contributed by atoms with Crippen molar-refractivity contribution in [3.05, 3.63) is 30.1 Å². The number of nitrogens with two attached hydrogens (primary N) is 1. The standard InChI is InChI=1S/C9H9N3O2/c1-14-8-5-12-4-6(9(10)13)2-3-7(12)11-8/h2-5H,1H3,(H2,10,13). The molecule has 0 bridgehead atoms. The molecule has 2 rings (SSSR count). The minimum absolute atomic E-state index is 0.442. The molecule has 0 saturated carbocycles. The van der Waals surface area contributed by atoms with Gasteiger partial charge in [-0.25, -0.2) is 0 Å². The summed E-state index contributed by atoms with van der Waals surface area (Å²) >= 11 is 0. The van der Waals surface area contributed by atoms with Gasteiger partial charge < -0.3 is 14.9 Å². The number of hydrogen-bond donors (Lipinski definition) is 1. The number of fused-ring (bicyclic) bond motifs is 1. The van der Waals surface area contributed by atoms with Crippen LogP contribution >= 0.6 is 0 Å². The molecule has 72 valence electrons. The molecule has 0 aliphatic carbocycles. The van der Waals surface area contributed by atoms with Crippen molar-refractivity contribution in [3.8, 4) is 5.88 Å². The van der Waals surface area contributed by atoms with Crippen LogP contribution in [0.3, 0.4) is 0 Å². The summed E-state index contributed by atoms with van der Waals surface area (Å²) in [5.74, 6) is 0.0474. The SMILES string of the molecule is COc1cn2cc(C(N)=O)ccc2n1. The van der Waals surface area contributed by atoms with E-state index >= 15 is 0 Å². The molecule has 5 heteroatoms. The lowest BCUT2D eigenvalue weighted by Gasteiger charge is -1.95. The van der Waals surface area contributed by atoms with Crippen LogP contribution in [0, 0.1) is 0 Å². The first-order valence-corrected chi connectivity index (χ1v) is 4.03. The smallest absolute Gasteiger partial charge is 0.250 e. The fourth-order valence-corrected chi connectivity index (χ4v) is 1.21. The van der Waals surface area contributed by atoms with E-state index in [0.717, 1.165) is 0 Å². The maximum absolute atomic E-state index is 10.9. The molecule has 0 atom stereocenters. The van der Waals surface area contributed by atoms with Crippen LogP contribution in [0.5, 0.6) is 5.88 Å². The first-order chi connectivity index (χ1) is 6.70. The Morgan fingerprint density at radius 3 is 2.93 bits per heavy atom. The van der Waals surface area contributed by atoms with Crippen molar-refractivity contribution in [1.29, 1.82) is 0 Å². The predicted molar refractivity (Wildman–Crippen MR) is 50.3 cm³/mol. The maximum atomic E-state index is 10.9. The van der Waals surface area contributed by atoms with Gasteiger partial charge in [0.05, 0.1) is 18.9 Å². The molecule has 0 aliphatic heterocycles. The molecule has 2 N–H and O–H groups in total. The average molecular weight is 191 g/mol. The summed E-state index contributed by atoms with van der Waals surface area (Å²) in [5, 5.41) is 0. The molecule has 0 unspecified atom stereocenters. The molecule has 5 nitrogen and oxygen atoms in total. The van der Waals surface area contributed by atoms with Crippen LogP contribution in [0.4, 0.5) is 0 Å². The number of nitrogens with zero attached hydrogens (tertiary/aromatic N) is 2. The Morgan fingerprint density at radius 1 is 1.50 bits per heavy atom. The summed E-state index contributed by atoms with van der Waals surface area (Å²) in [4.78, 5) is 15.0. The molecule has 1 amide bonds. The van der Waals surface area contributed by atoms with Gasteiger partial charge in [-0.3, -0.25) is 4.79 Å². The second-order valence-corrected chi connectivity index (χ2v) is 2.83. The Bertz CT molecular complexity index is 490. The Morgan fingerprint density at radius 2 is 2.29 bits per heavy atom.